The molecule has 3 N–H and O–H groups in total. The number of ether oxygens (including phenoxy) is 2. The van der Waals surface area contributed by atoms with Gasteiger partial charge in [0.2, 0.25) is 0 Å². The number of amidine groups is 1. The minimum atomic E-state index is -0.0321. The molecule has 0 heterocycles. The van der Waals surface area contributed by atoms with Crippen molar-refractivity contribution in [1.82, 2.24) is 0 Å². The van der Waals surface area contributed by atoms with Gasteiger partial charge >= 0.3 is 0 Å². The van der Waals surface area contributed by atoms with Gasteiger partial charge in [0.25, 0.3) is 0 Å². The molecule has 2 aromatic rings. The number of halogens is 1. The minimum absolute atomic E-state index is 0.0321. The van der Waals surface area contributed by atoms with Crippen molar-refractivity contribution >= 4 is 21.8 Å². The molecule has 0 fully saturated rings. The van der Waals surface area contributed by atoms with E-state index in [1.54, 1.807) is 37.4 Å². The molecule has 0 aliphatic carbocycles. The van der Waals surface area contributed by atoms with Crippen molar-refractivity contribution in [1.29, 1.82) is 0 Å². The first-order chi connectivity index (χ1) is 9.65. The van der Waals surface area contributed by atoms with Crippen LogP contribution < -0.4 is 15.2 Å². The standard InChI is InChI=1S/C14H13BrN2O3/c1-19-9-4-2-5-10(8-9)20-12-7-3-6-11(15)13(12)14(16)17-18/h2-8,18H,1H3,(H2,16,17). The van der Waals surface area contributed by atoms with Gasteiger partial charge in [-0.25, -0.2) is 0 Å². The quantitative estimate of drug-likeness (QED) is 0.388. The molecule has 104 valence electrons. The third-order valence-electron chi connectivity index (χ3n) is 2.61. The third kappa shape index (κ3) is 3.03. The zero-order chi connectivity index (χ0) is 14.5. The highest BCUT2D eigenvalue weighted by molar-refractivity contribution is 9.10. The lowest BCUT2D eigenvalue weighted by atomic mass is 10.2. The van der Waals surface area contributed by atoms with E-state index in [9.17, 15) is 0 Å². The molecule has 0 bridgehead atoms. The highest BCUT2D eigenvalue weighted by atomic mass is 79.9. The summed E-state index contributed by atoms with van der Waals surface area (Å²) < 4.78 is 11.6. The topological polar surface area (TPSA) is 77.1 Å². The van der Waals surface area contributed by atoms with Crippen LogP contribution in [0.3, 0.4) is 0 Å². The zero-order valence-corrected chi connectivity index (χ0v) is 12.3. The molecule has 0 saturated carbocycles. The fraction of sp³-hybridized carbons (Fsp3) is 0.0714. The normalized spacial score (nSPS) is 11.2. The van der Waals surface area contributed by atoms with Crippen molar-refractivity contribution in [3.63, 3.8) is 0 Å². The Labute approximate surface area is 124 Å². The molecule has 0 saturated heterocycles. The molecule has 2 aromatic carbocycles. The van der Waals surface area contributed by atoms with E-state index in [2.05, 4.69) is 21.1 Å². The molecule has 0 amide bonds. The molecule has 20 heavy (non-hydrogen) atoms. The first kappa shape index (κ1) is 14.2. The summed E-state index contributed by atoms with van der Waals surface area (Å²) in [6, 6.07) is 12.5. The summed E-state index contributed by atoms with van der Waals surface area (Å²) in [6.45, 7) is 0. The van der Waals surface area contributed by atoms with Crippen molar-refractivity contribution in [2.75, 3.05) is 7.11 Å². The van der Waals surface area contributed by atoms with Gasteiger partial charge in [0.1, 0.15) is 17.2 Å². The van der Waals surface area contributed by atoms with Gasteiger partial charge < -0.3 is 20.4 Å². The number of nitrogens with zero attached hydrogens (tertiary/aromatic N) is 1. The van der Waals surface area contributed by atoms with Crippen LogP contribution in [-0.4, -0.2) is 18.2 Å². The summed E-state index contributed by atoms with van der Waals surface area (Å²) in [6.07, 6.45) is 0. The predicted octanol–water partition coefficient (Wildman–Crippen LogP) is 3.34. The number of methoxy groups -OCH3 is 1. The summed E-state index contributed by atoms with van der Waals surface area (Å²) in [4.78, 5) is 0. The Morgan fingerprint density at radius 3 is 2.60 bits per heavy atom. The van der Waals surface area contributed by atoms with E-state index in [1.165, 1.54) is 0 Å². The molecule has 2 rings (SSSR count). The van der Waals surface area contributed by atoms with E-state index in [4.69, 9.17) is 20.4 Å². The minimum Gasteiger partial charge on any atom is -0.497 e. The molecule has 0 spiro atoms. The molecule has 0 atom stereocenters. The highest BCUT2D eigenvalue weighted by Gasteiger charge is 2.13. The molecular formula is C14H13BrN2O3. The van der Waals surface area contributed by atoms with E-state index < -0.39 is 0 Å². The van der Waals surface area contributed by atoms with Crippen LogP contribution in [-0.2, 0) is 0 Å². The smallest absolute Gasteiger partial charge is 0.175 e. The molecule has 0 unspecified atom stereocenters. The number of rotatable bonds is 4. The number of oxime groups is 1. The maximum absolute atomic E-state index is 8.85. The fourth-order valence-electron chi connectivity index (χ4n) is 1.68. The van der Waals surface area contributed by atoms with Crippen molar-refractivity contribution < 1.29 is 14.7 Å². The first-order valence-corrected chi connectivity index (χ1v) is 6.53. The van der Waals surface area contributed by atoms with Crippen LogP contribution in [0.1, 0.15) is 5.56 Å². The van der Waals surface area contributed by atoms with Crippen molar-refractivity contribution in [3.8, 4) is 17.2 Å². The van der Waals surface area contributed by atoms with Gasteiger partial charge in [0.05, 0.1) is 12.7 Å². The summed E-state index contributed by atoms with van der Waals surface area (Å²) >= 11 is 3.35. The molecule has 6 heteroatoms. The van der Waals surface area contributed by atoms with Gasteiger partial charge in [-0.05, 0) is 40.2 Å². The lowest BCUT2D eigenvalue weighted by Crippen LogP contribution is -2.15. The van der Waals surface area contributed by atoms with E-state index in [1.807, 2.05) is 12.1 Å². The molecule has 0 radical (unpaired) electrons. The summed E-state index contributed by atoms with van der Waals surface area (Å²) in [5.74, 6) is 1.72. The lowest BCUT2D eigenvalue weighted by molar-refractivity contribution is 0.318. The zero-order valence-electron chi connectivity index (χ0n) is 10.7. The first-order valence-electron chi connectivity index (χ1n) is 5.74. The Balaban J connectivity index is 2.40. The number of hydrogen-bond acceptors (Lipinski definition) is 4. The summed E-state index contributed by atoms with van der Waals surface area (Å²) in [5, 5.41) is 11.9. The molecule has 5 nitrogen and oxygen atoms in total. The van der Waals surface area contributed by atoms with E-state index in [0.29, 0.717) is 27.3 Å². The van der Waals surface area contributed by atoms with Crippen LogP contribution in [0.5, 0.6) is 17.2 Å². The van der Waals surface area contributed by atoms with Gasteiger partial charge in [0, 0.05) is 10.5 Å². The SMILES string of the molecule is COc1cccc(Oc2cccc(Br)c2/C(N)=N/O)c1. The van der Waals surface area contributed by atoms with Crippen molar-refractivity contribution in [2.24, 2.45) is 10.9 Å². The number of hydrogen-bond donors (Lipinski definition) is 2. The van der Waals surface area contributed by atoms with Crippen LogP contribution >= 0.6 is 15.9 Å². The molecular weight excluding hydrogens is 324 g/mol. The van der Waals surface area contributed by atoms with Crippen LogP contribution in [0.25, 0.3) is 0 Å². The average Bonchev–Trinajstić information content (AvgIpc) is 2.47. The summed E-state index contributed by atoms with van der Waals surface area (Å²) in [5.41, 5.74) is 6.16. The van der Waals surface area contributed by atoms with Gasteiger partial charge in [-0.3, -0.25) is 0 Å². The lowest BCUT2D eigenvalue weighted by Gasteiger charge is -2.12. The van der Waals surface area contributed by atoms with Gasteiger partial charge in [-0.2, -0.15) is 0 Å². The number of nitrogens with two attached hydrogens (primary N) is 1. The second-order valence-corrected chi connectivity index (χ2v) is 4.73. The van der Waals surface area contributed by atoms with E-state index in [0.717, 1.165) is 0 Å². The Bertz CT molecular complexity index is 644. The Hall–Kier alpha value is -2.21. The van der Waals surface area contributed by atoms with E-state index >= 15 is 0 Å². The third-order valence-corrected chi connectivity index (χ3v) is 3.27. The van der Waals surface area contributed by atoms with E-state index in [-0.39, 0.29) is 5.84 Å². The van der Waals surface area contributed by atoms with Crippen LogP contribution in [0, 0.1) is 0 Å². The average molecular weight is 337 g/mol. The largest absolute Gasteiger partial charge is 0.497 e. The van der Waals surface area contributed by atoms with Gasteiger partial charge in [-0.15, -0.1) is 0 Å². The Morgan fingerprint density at radius 2 is 1.90 bits per heavy atom. The number of benzene rings is 2. The molecule has 0 aromatic heterocycles. The maximum Gasteiger partial charge on any atom is 0.175 e. The Morgan fingerprint density at radius 1 is 1.20 bits per heavy atom. The maximum atomic E-state index is 8.85. The van der Waals surface area contributed by atoms with Crippen LogP contribution in [0.15, 0.2) is 52.1 Å². The second kappa shape index (κ2) is 6.29. The highest BCUT2D eigenvalue weighted by Crippen LogP contribution is 2.31. The van der Waals surface area contributed by atoms with Crippen LogP contribution in [0.4, 0.5) is 0 Å². The van der Waals surface area contributed by atoms with Crippen molar-refractivity contribution in [3.05, 3.63) is 52.5 Å². The van der Waals surface area contributed by atoms with Gasteiger partial charge in [-0.1, -0.05) is 17.3 Å². The van der Waals surface area contributed by atoms with Crippen LogP contribution in [0.2, 0.25) is 0 Å². The predicted molar refractivity (Wildman–Crippen MR) is 79.7 cm³/mol. The second-order valence-electron chi connectivity index (χ2n) is 3.88. The van der Waals surface area contributed by atoms with Crippen molar-refractivity contribution in [2.45, 2.75) is 0 Å². The monoisotopic (exact) mass is 336 g/mol. The molecule has 0 aliphatic rings. The summed E-state index contributed by atoms with van der Waals surface area (Å²) in [7, 11) is 1.58. The Kier molecular flexibility index (Phi) is 4.47. The fourth-order valence-corrected chi connectivity index (χ4v) is 2.23. The molecule has 0 aliphatic heterocycles. The van der Waals surface area contributed by atoms with Gasteiger partial charge in [0.15, 0.2) is 5.84 Å².